The van der Waals surface area contributed by atoms with Crippen LogP contribution in [0.4, 0.5) is 0 Å². The zero-order chi connectivity index (χ0) is 15.2. The molecule has 1 heterocycles. The van der Waals surface area contributed by atoms with Crippen LogP contribution in [0, 0.1) is 0 Å². The van der Waals surface area contributed by atoms with Gasteiger partial charge in [0.2, 0.25) is 0 Å². The van der Waals surface area contributed by atoms with Gasteiger partial charge in [-0.1, -0.05) is 44.2 Å². The summed E-state index contributed by atoms with van der Waals surface area (Å²) >= 11 is 3.68. The van der Waals surface area contributed by atoms with E-state index in [4.69, 9.17) is 0 Å². The molecule has 21 heavy (non-hydrogen) atoms. The highest BCUT2D eigenvalue weighted by Gasteiger charge is 2.27. The van der Waals surface area contributed by atoms with Gasteiger partial charge in [0.05, 0.1) is 22.4 Å². The Balaban J connectivity index is 2.40. The van der Waals surface area contributed by atoms with E-state index >= 15 is 0 Å². The number of likely N-dealkylation sites (N-methyl/N-ethyl adjacent to an activating group) is 1. The Labute approximate surface area is 135 Å². The van der Waals surface area contributed by atoms with E-state index in [1.165, 1.54) is 11.3 Å². The molecule has 114 valence electrons. The topological polar surface area (TPSA) is 29.9 Å². The van der Waals surface area contributed by atoms with Crippen molar-refractivity contribution in [2.45, 2.75) is 45.2 Å². The molecule has 0 saturated heterocycles. The lowest BCUT2D eigenvalue weighted by Gasteiger charge is -2.27. The van der Waals surface area contributed by atoms with Crippen LogP contribution in [0.25, 0.3) is 0 Å². The fourth-order valence-electron chi connectivity index (χ4n) is 2.96. The van der Waals surface area contributed by atoms with Gasteiger partial charge in [0, 0.05) is 12.5 Å². The van der Waals surface area contributed by atoms with Crippen molar-refractivity contribution in [3.8, 4) is 0 Å². The second kappa shape index (κ2) is 7.76. The number of benzene rings is 1. The second-order valence-electron chi connectivity index (χ2n) is 5.29. The fraction of sp³-hybridized carbons (Fsp3) is 0.471. The smallest absolute Gasteiger partial charge is 0.0701 e. The third kappa shape index (κ3) is 3.55. The zero-order valence-corrected chi connectivity index (χ0v) is 14.6. The molecule has 0 amide bonds. The maximum absolute atomic E-state index is 4.51. The molecule has 4 heteroatoms. The molecule has 2 rings (SSSR count). The van der Waals surface area contributed by atoms with Crippen molar-refractivity contribution in [2.75, 3.05) is 7.05 Å². The molecule has 0 bridgehead atoms. The van der Waals surface area contributed by atoms with Crippen LogP contribution in [0.1, 0.15) is 49.9 Å². The second-order valence-corrected chi connectivity index (χ2v) is 6.15. The van der Waals surface area contributed by atoms with E-state index in [2.05, 4.69) is 75.2 Å². The van der Waals surface area contributed by atoms with E-state index in [9.17, 15) is 0 Å². The molecule has 0 fully saturated rings. The summed E-state index contributed by atoms with van der Waals surface area (Å²) in [5.74, 6) is 0.430. The highest BCUT2D eigenvalue weighted by Crippen LogP contribution is 2.36. The number of aryl methyl sites for hydroxylation is 1. The minimum atomic E-state index is 0.251. The van der Waals surface area contributed by atoms with Gasteiger partial charge in [-0.25, -0.2) is 0 Å². The van der Waals surface area contributed by atoms with Crippen molar-refractivity contribution in [1.29, 1.82) is 0 Å². The summed E-state index contributed by atoms with van der Waals surface area (Å²) in [5, 5.41) is 8.02. The van der Waals surface area contributed by atoms with Crippen LogP contribution in [0.2, 0.25) is 0 Å². The summed E-state index contributed by atoms with van der Waals surface area (Å²) in [4.78, 5) is 0. The lowest BCUT2D eigenvalue weighted by molar-refractivity contribution is 0.424. The summed E-state index contributed by atoms with van der Waals surface area (Å²) in [7, 11) is 2.03. The normalized spacial score (nSPS) is 14.1. The predicted molar refractivity (Wildman–Crippen MR) is 91.5 cm³/mol. The molecule has 0 spiro atoms. The van der Waals surface area contributed by atoms with Gasteiger partial charge >= 0.3 is 0 Å². The monoisotopic (exact) mass is 349 g/mol. The van der Waals surface area contributed by atoms with Gasteiger partial charge in [-0.2, -0.15) is 5.10 Å². The SMILES string of the molecule is CCCn1ncc(Br)c1C(NC)C(CC)c1ccccc1. The number of aromatic nitrogens is 2. The van der Waals surface area contributed by atoms with Crippen molar-refractivity contribution in [2.24, 2.45) is 0 Å². The predicted octanol–water partition coefficient (Wildman–Crippen LogP) is 4.51. The average molecular weight is 350 g/mol. The maximum Gasteiger partial charge on any atom is 0.0701 e. The molecule has 3 nitrogen and oxygen atoms in total. The Bertz CT molecular complexity index is 550. The van der Waals surface area contributed by atoms with E-state index in [1.807, 2.05) is 13.2 Å². The zero-order valence-electron chi connectivity index (χ0n) is 13.0. The Kier molecular flexibility index (Phi) is 6.00. The van der Waals surface area contributed by atoms with Gasteiger partial charge in [0.15, 0.2) is 0 Å². The van der Waals surface area contributed by atoms with Crippen LogP contribution >= 0.6 is 15.9 Å². The van der Waals surface area contributed by atoms with Crippen LogP contribution in [0.3, 0.4) is 0 Å². The first-order valence-electron chi connectivity index (χ1n) is 7.66. The van der Waals surface area contributed by atoms with E-state index in [1.54, 1.807) is 0 Å². The largest absolute Gasteiger partial charge is 0.311 e. The highest BCUT2D eigenvalue weighted by atomic mass is 79.9. The van der Waals surface area contributed by atoms with Gasteiger partial charge < -0.3 is 5.32 Å². The lowest BCUT2D eigenvalue weighted by Crippen LogP contribution is -2.27. The summed E-state index contributed by atoms with van der Waals surface area (Å²) < 4.78 is 3.21. The van der Waals surface area contributed by atoms with Crippen molar-refractivity contribution in [3.63, 3.8) is 0 Å². The number of halogens is 1. The lowest BCUT2D eigenvalue weighted by atomic mass is 9.87. The van der Waals surface area contributed by atoms with Crippen LogP contribution in [-0.2, 0) is 6.54 Å². The first-order valence-corrected chi connectivity index (χ1v) is 8.45. The standard InChI is InChI=1S/C17H24BrN3/c1-4-11-21-17(15(18)12-20-21)16(19-3)14(5-2)13-9-7-6-8-10-13/h6-10,12,14,16,19H,4-5,11H2,1-3H3. The van der Waals surface area contributed by atoms with Gasteiger partial charge in [-0.15, -0.1) is 0 Å². The molecule has 2 unspecified atom stereocenters. The molecule has 0 aliphatic heterocycles. The molecule has 2 atom stereocenters. The number of hydrogen-bond donors (Lipinski definition) is 1. The molecule has 0 aliphatic carbocycles. The minimum Gasteiger partial charge on any atom is -0.311 e. The summed E-state index contributed by atoms with van der Waals surface area (Å²) in [5.41, 5.74) is 2.62. The number of nitrogens with one attached hydrogen (secondary N) is 1. The first kappa shape index (κ1) is 16.2. The number of hydrogen-bond acceptors (Lipinski definition) is 2. The van der Waals surface area contributed by atoms with Crippen LogP contribution in [0.5, 0.6) is 0 Å². The van der Waals surface area contributed by atoms with Crippen LogP contribution in [-0.4, -0.2) is 16.8 Å². The molecule has 0 radical (unpaired) electrons. The Morgan fingerprint density at radius 1 is 1.24 bits per heavy atom. The quantitative estimate of drug-likeness (QED) is 0.796. The Hall–Kier alpha value is -1.13. The average Bonchev–Trinajstić information content (AvgIpc) is 2.87. The Morgan fingerprint density at radius 2 is 1.95 bits per heavy atom. The summed E-state index contributed by atoms with van der Waals surface area (Å²) in [6, 6.07) is 11.0. The number of rotatable bonds is 7. The van der Waals surface area contributed by atoms with E-state index in [0.29, 0.717) is 5.92 Å². The summed E-state index contributed by atoms with van der Waals surface area (Å²) in [6.45, 7) is 5.38. The molecule has 2 aromatic rings. The Morgan fingerprint density at radius 3 is 2.52 bits per heavy atom. The van der Waals surface area contributed by atoms with Gasteiger partial charge in [0.25, 0.3) is 0 Å². The molecule has 0 aliphatic rings. The third-order valence-electron chi connectivity index (χ3n) is 3.94. The van der Waals surface area contributed by atoms with Crippen molar-refractivity contribution in [3.05, 3.63) is 52.3 Å². The molecule has 1 N–H and O–H groups in total. The highest BCUT2D eigenvalue weighted by molar-refractivity contribution is 9.10. The maximum atomic E-state index is 4.51. The van der Waals surface area contributed by atoms with Crippen LogP contribution in [0.15, 0.2) is 41.0 Å². The number of nitrogens with zero attached hydrogens (tertiary/aromatic N) is 2. The minimum absolute atomic E-state index is 0.251. The van der Waals surface area contributed by atoms with Gasteiger partial charge in [-0.3, -0.25) is 4.68 Å². The molecule has 0 saturated carbocycles. The molecular formula is C17H24BrN3. The van der Waals surface area contributed by atoms with Gasteiger partial charge in [0.1, 0.15) is 0 Å². The van der Waals surface area contributed by atoms with Crippen molar-refractivity contribution in [1.82, 2.24) is 15.1 Å². The molecular weight excluding hydrogens is 326 g/mol. The molecule has 1 aromatic carbocycles. The third-order valence-corrected chi connectivity index (χ3v) is 4.56. The van der Waals surface area contributed by atoms with E-state index in [0.717, 1.165) is 23.9 Å². The van der Waals surface area contributed by atoms with Crippen molar-refractivity contribution >= 4 is 15.9 Å². The van der Waals surface area contributed by atoms with Crippen LogP contribution < -0.4 is 5.32 Å². The van der Waals surface area contributed by atoms with Gasteiger partial charge in [-0.05, 0) is 41.4 Å². The first-order chi connectivity index (χ1) is 10.2. The fourth-order valence-corrected chi connectivity index (χ4v) is 3.51. The van der Waals surface area contributed by atoms with E-state index < -0.39 is 0 Å². The summed E-state index contributed by atoms with van der Waals surface area (Å²) in [6.07, 6.45) is 4.08. The van der Waals surface area contributed by atoms with E-state index in [-0.39, 0.29) is 6.04 Å². The molecule has 1 aromatic heterocycles. The van der Waals surface area contributed by atoms with Crippen molar-refractivity contribution < 1.29 is 0 Å².